The van der Waals surface area contributed by atoms with Crippen molar-refractivity contribution in [2.45, 2.75) is 19.8 Å². The van der Waals surface area contributed by atoms with Crippen LogP contribution in [0.4, 0.5) is 0 Å². The Morgan fingerprint density at radius 2 is 1.08 bits per heavy atom. The standard InChI is InChI=1S/C45H31N5O/c1-28-46-47-45(51-28)29-11-10-12-30(25-29)48-43-23-21-31(49-39-17-6-2-13-33(39)34-14-3-7-18-40(34)49)26-37(43)38-27-32(22-24-44(38)48)50-41-19-8-4-15-35(41)36-16-5-9-20-42(36)50/h2-8,10-19,21-27H,9,20H2,1H3. The molecule has 0 saturated heterocycles. The summed E-state index contributed by atoms with van der Waals surface area (Å²) in [6, 6.07) is 48.4. The predicted octanol–water partition coefficient (Wildman–Crippen LogP) is 11.1. The number of rotatable bonds is 4. The molecule has 0 atom stereocenters. The minimum atomic E-state index is 0.518. The Labute approximate surface area is 293 Å². The van der Waals surface area contributed by atoms with Gasteiger partial charge in [0.05, 0.1) is 27.6 Å². The summed E-state index contributed by atoms with van der Waals surface area (Å²) >= 11 is 0. The van der Waals surface area contributed by atoms with E-state index in [0.717, 1.165) is 40.8 Å². The number of hydrogen-bond acceptors (Lipinski definition) is 3. The van der Waals surface area contributed by atoms with E-state index in [1.807, 2.05) is 13.0 Å². The fraction of sp³-hybridized carbons (Fsp3) is 0.0667. The van der Waals surface area contributed by atoms with E-state index in [-0.39, 0.29) is 0 Å². The number of allylic oxidation sites excluding steroid dienone is 1. The maximum Gasteiger partial charge on any atom is 0.247 e. The lowest BCUT2D eigenvalue weighted by Crippen LogP contribution is -2.03. The van der Waals surface area contributed by atoms with Gasteiger partial charge in [-0.25, -0.2) is 0 Å². The molecule has 6 aromatic carbocycles. The van der Waals surface area contributed by atoms with Crippen molar-refractivity contribution in [2.24, 2.45) is 0 Å². The van der Waals surface area contributed by atoms with Gasteiger partial charge in [-0.1, -0.05) is 72.8 Å². The first-order valence-electron chi connectivity index (χ1n) is 17.5. The van der Waals surface area contributed by atoms with Crippen molar-refractivity contribution in [1.29, 1.82) is 0 Å². The van der Waals surface area contributed by atoms with E-state index in [4.69, 9.17) is 4.42 Å². The van der Waals surface area contributed by atoms with Gasteiger partial charge in [-0.05, 0) is 85.6 Å². The molecule has 11 rings (SSSR count). The molecule has 4 heterocycles. The molecule has 1 aliphatic carbocycles. The van der Waals surface area contributed by atoms with E-state index >= 15 is 0 Å². The van der Waals surface area contributed by atoms with Gasteiger partial charge in [-0.2, -0.15) is 0 Å². The Kier molecular flexibility index (Phi) is 5.90. The normalized spacial score (nSPS) is 13.0. The minimum Gasteiger partial charge on any atom is -0.421 e. The van der Waals surface area contributed by atoms with Crippen LogP contribution in [0.25, 0.3) is 89.1 Å². The lowest BCUT2D eigenvalue weighted by molar-refractivity contribution is 0.533. The van der Waals surface area contributed by atoms with Crippen LogP contribution in [0.5, 0.6) is 0 Å². The maximum atomic E-state index is 5.84. The molecule has 0 amide bonds. The largest absolute Gasteiger partial charge is 0.421 e. The molecular weight excluding hydrogens is 627 g/mol. The van der Waals surface area contributed by atoms with Gasteiger partial charge >= 0.3 is 0 Å². The molecule has 6 nitrogen and oxygen atoms in total. The fourth-order valence-electron chi connectivity index (χ4n) is 8.41. The van der Waals surface area contributed by atoms with Crippen molar-refractivity contribution in [2.75, 3.05) is 0 Å². The van der Waals surface area contributed by atoms with Gasteiger partial charge in [0.15, 0.2) is 0 Å². The van der Waals surface area contributed by atoms with Crippen molar-refractivity contribution in [3.8, 4) is 28.5 Å². The van der Waals surface area contributed by atoms with Crippen molar-refractivity contribution in [3.63, 3.8) is 0 Å². The molecule has 1 aliphatic rings. The van der Waals surface area contributed by atoms with Gasteiger partial charge < -0.3 is 18.1 Å². The summed E-state index contributed by atoms with van der Waals surface area (Å²) in [5.74, 6) is 1.07. The molecule has 0 radical (unpaired) electrons. The van der Waals surface area contributed by atoms with Gasteiger partial charge in [-0.15, -0.1) is 10.2 Å². The monoisotopic (exact) mass is 657 g/mol. The van der Waals surface area contributed by atoms with Crippen molar-refractivity contribution in [1.82, 2.24) is 23.9 Å². The van der Waals surface area contributed by atoms with Crippen LogP contribution in [0.3, 0.4) is 0 Å². The van der Waals surface area contributed by atoms with Gasteiger partial charge in [0, 0.05) is 67.7 Å². The van der Waals surface area contributed by atoms with Gasteiger partial charge in [0.1, 0.15) is 0 Å². The second kappa shape index (κ2) is 10.7. The third kappa shape index (κ3) is 4.10. The van der Waals surface area contributed by atoms with Gasteiger partial charge in [-0.3, -0.25) is 0 Å². The highest BCUT2D eigenvalue weighted by Gasteiger charge is 2.21. The van der Waals surface area contributed by atoms with Crippen LogP contribution in [0.2, 0.25) is 0 Å². The molecule has 0 fully saturated rings. The van der Waals surface area contributed by atoms with E-state index in [9.17, 15) is 0 Å². The van der Waals surface area contributed by atoms with Crippen LogP contribution in [0, 0.1) is 6.92 Å². The zero-order chi connectivity index (χ0) is 33.6. The summed E-state index contributed by atoms with van der Waals surface area (Å²) in [7, 11) is 0. The zero-order valence-corrected chi connectivity index (χ0v) is 27.9. The summed E-state index contributed by atoms with van der Waals surface area (Å²) in [5.41, 5.74) is 12.8. The van der Waals surface area contributed by atoms with Crippen molar-refractivity contribution >= 4 is 60.6 Å². The molecule has 6 heteroatoms. The first kappa shape index (κ1) is 28.2. The average Bonchev–Trinajstić information content (AvgIpc) is 3.94. The molecule has 10 aromatic rings. The first-order chi connectivity index (χ1) is 25.2. The van der Waals surface area contributed by atoms with E-state index in [0.29, 0.717) is 11.8 Å². The predicted molar refractivity (Wildman–Crippen MR) is 207 cm³/mol. The van der Waals surface area contributed by atoms with Crippen LogP contribution in [-0.4, -0.2) is 23.9 Å². The van der Waals surface area contributed by atoms with E-state index in [1.54, 1.807) is 0 Å². The van der Waals surface area contributed by atoms with Gasteiger partial charge in [0.25, 0.3) is 0 Å². The van der Waals surface area contributed by atoms with Crippen molar-refractivity contribution in [3.05, 3.63) is 157 Å². The summed E-state index contributed by atoms with van der Waals surface area (Å²) < 4.78 is 13.1. The van der Waals surface area contributed by atoms with E-state index in [2.05, 4.69) is 163 Å². The number of fused-ring (bicyclic) bond motifs is 9. The van der Waals surface area contributed by atoms with Crippen LogP contribution >= 0.6 is 0 Å². The summed E-state index contributed by atoms with van der Waals surface area (Å²) in [5, 5.41) is 14.6. The van der Waals surface area contributed by atoms with E-state index in [1.165, 1.54) is 60.4 Å². The number of nitrogens with zero attached hydrogens (tertiary/aromatic N) is 5. The molecule has 0 aliphatic heterocycles. The second-order valence-electron chi connectivity index (χ2n) is 13.4. The number of hydrogen-bond donors (Lipinski definition) is 0. The minimum absolute atomic E-state index is 0.518. The molecular formula is C45H31N5O. The number of benzene rings is 6. The Morgan fingerprint density at radius 3 is 1.73 bits per heavy atom. The maximum absolute atomic E-state index is 5.84. The molecule has 0 spiro atoms. The number of aromatic nitrogens is 5. The highest BCUT2D eigenvalue weighted by Crippen LogP contribution is 2.40. The zero-order valence-electron chi connectivity index (χ0n) is 27.9. The summed E-state index contributed by atoms with van der Waals surface area (Å²) in [4.78, 5) is 0. The molecule has 0 bridgehead atoms. The van der Waals surface area contributed by atoms with Crippen LogP contribution in [0.15, 0.2) is 144 Å². The third-order valence-corrected chi connectivity index (χ3v) is 10.6. The SMILES string of the molecule is Cc1nnc(-c2cccc(-n3c4ccc(-n5c6c(c7ccccc75)C=CCC6)cc4c4cc(-n5c6ccccc6c6ccccc65)ccc43)c2)o1. The van der Waals surface area contributed by atoms with Crippen LogP contribution < -0.4 is 0 Å². The lowest BCUT2D eigenvalue weighted by Gasteiger charge is -2.14. The topological polar surface area (TPSA) is 53.7 Å². The third-order valence-electron chi connectivity index (χ3n) is 10.6. The highest BCUT2D eigenvalue weighted by molar-refractivity contribution is 6.13. The Morgan fingerprint density at radius 1 is 0.510 bits per heavy atom. The molecule has 242 valence electrons. The number of aryl methyl sites for hydroxylation is 1. The first-order valence-corrected chi connectivity index (χ1v) is 17.5. The smallest absolute Gasteiger partial charge is 0.247 e. The summed E-state index contributed by atoms with van der Waals surface area (Å²) in [6.07, 6.45) is 6.66. The quantitative estimate of drug-likeness (QED) is 0.189. The average molecular weight is 658 g/mol. The fourth-order valence-corrected chi connectivity index (χ4v) is 8.41. The van der Waals surface area contributed by atoms with Crippen LogP contribution in [0.1, 0.15) is 23.6 Å². The molecule has 0 saturated carbocycles. The lowest BCUT2D eigenvalue weighted by atomic mass is 10.0. The number of para-hydroxylation sites is 3. The molecule has 51 heavy (non-hydrogen) atoms. The molecule has 0 N–H and O–H groups in total. The van der Waals surface area contributed by atoms with Crippen LogP contribution in [-0.2, 0) is 6.42 Å². The van der Waals surface area contributed by atoms with Gasteiger partial charge in [0.2, 0.25) is 11.8 Å². The Balaban J connectivity index is 1.21. The second-order valence-corrected chi connectivity index (χ2v) is 13.4. The Hall–Kier alpha value is -6.66. The van der Waals surface area contributed by atoms with E-state index < -0.39 is 0 Å². The highest BCUT2D eigenvalue weighted by atomic mass is 16.4. The molecule has 4 aromatic heterocycles. The Bertz CT molecular complexity index is 3000. The van der Waals surface area contributed by atoms with Crippen molar-refractivity contribution < 1.29 is 4.42 Å². The summed E-state index contributed by atoms with van der Waals surface area (Å²) in [6.45, 7) is 1.82. The molecule has 0 unspecified atom stereocenters.